The molecule has 1 atom stereocenters. The molecule has 1 fully saturated rings. The fourth-order valence-corrected chi connectivity index (χ4v) is 3.37. The lowest BCUT2D eigenvalue weighted by Crippen LogP contribution is -2.50. The minimum absolute atomic E-state index is 0.146. The van der Waals surface area contributed by atoms with E-state index in [2.05, 4.69) is 10.00 Å². The van der Waals surface area contributed by atoms with E-state index in [1.165, 1.54) is 16.8 Å². The van der Waals surface area contributed by atoms with E-state index in [4.69, 9.17) is 0 Å². The predicted molar refractivity (Wildman–Crippen MR) is 94.9 cm³/mol. The van der Waals surface area contributed by atoms with Crippen molar-refractivity contribution in [3.63, 3.8) is 0 Å². The molecule has 0 N–H and O–H groups in total. The van der Waals surface area contributed by atoms with Crippen molar-refractivity contribution >= 4 is 5.91 Å². The first-order chi connectivity index (χ1) is 12.9. The van der Waals surface area contributed by atoms with Gasteiger partial charge in [-0.25, -0.2) is 13.2 Å². The van der Waals surface area contributed by atoms with Gasteiger partial charge in [0.1, 0.15) is 17.6 Å². The summed E-state index contributed by atoms with van der Waals surface area (Å²) in [6.45, 7) is 6.12. The highest BCUT2D eigenvalue weighted by molar-refractivity contribution is 5.80. The van der Waals surface area contributed by atoms with E-state index in [0.717, 1.165) is 0 Å². The summed E-state index contributed by atoms with van der Waals surface area (Å²) >= 11 is 0. The van der Waals surface area contributed by atoms with Gasteiger partial charge >= 0.3 is 0 Å². The summed E-state index contributed by atoms with van der Waals surface area (Å²) in [4.78, 5) is 16.6. The average Bonchev–Trinajstić information content (AvgIpc) is 3.05. The lowest BCUT2D eigenvalue weighted by Gasteiger charge is -2.36. The van der Waals surface area contributed by atoms with Gasteiger partial charge in [0.25, 0.3) is 6.43 Å². The zero-order valence-corrected chi connectivity index (χ0v) is 15.4. The van der Waals surface area contributed by atoms with Crippen LogP contribution in [0.1, 0.15) is 36.3 Å². The largest absolute Gasteiger partial charge is 0.338 e. The number of piperazine rings is 1. The standard InChI is InChI=1S/C19H23F3N4O/c1-13-11-17(18(21)22)23-26(13)14(2)19(27)25-9-7-24(8-10-25)12-15-5-3-4-6-16(15)20/h3-6,11,14,18H,7-10,12H2,1-2H3. The van der Waals surface area contributed by atoms with Crippen LogP contribution in [-0.4, -0.2) is 51.7 Å². The molecular weight excluding hydrogens is 357 g/mol. The Kier molecular flexibility index (Phi) is 5.84. The Bertz CT molecular complexity index is 800. The van der Waals surface area contributed by atoms with Gasteiger partial charge in [-0.05, 0) is 26.0 Å². The highest BCUT2D eigenvalue weighted by Gasteiger charge is 2.28. The van der Waals surface area contributed by atoms with Crippen LogP contribution in [0.15, 0.2) is 30.3 Å². The molecule has 1 amide bonds. The van der Waals surface area contributed by atoms with Gasteiger partial charge in [0.2, 0.25) is 5.91 Å². The van der Waals surface area contributed by atoms with Crippen molar-refractivity contribution in [1.82, 2.24) is 19.6 Å². The van der Waals surface area contributed by atoms with E-state index in [-0.39, 0.29) is 17.4 Å². The van der Waals surface area contributed by atoms with Crippen molar-refractivity contribution in [1.29, 1.82) is 0 Å². The van der Waals surface area contributed by atoms with Crippen molar-refractivity contribution in [3.05, 3.63) is 53.1 Å². The summed E-state index contributed by atoms with van der Waals surface area (Å²) < 4.78 is 40.8. The van der Waals surface area contributed by atoms with Crippen molar-refractivity contribution in [2.75, 3.05) is 26.2 Å². The highest BCUT2D eigenvalue weighted by Crippen LogP contribution is 2.22. The lowest BCUT2D eigenvalue weighted by atomic mass is 10.1. The van der Waals surface area contributed by atoms with Gasteiger partial charge in [0.05, 0.1) is 0 Å². The zero-order valence-electron chi connectivity index (χ0n) is 15.4. The fourth-order valence-electron chi connectivity index (χ4n) is 3.37. The number of carbonyl (C=O) groups is 1. The summed E-state index contributed by atoms with van der Waals surface area (Å²) in [6.07, 6.45) is -2.66. The highest BCUT2D eigenvalue weighted by atomic mass is 19.3. The average molecular weight is 380 g/mol. The summed E-state index contributed by atoms with van der Waals surface area (Å²) in [5.74, 6) is -0.374. The maximum Gasteiger partial charge on any atom is 0.282 e. The van der Waals surface area contributed by atoms with Gasteiger partial charge in [-0.1, -0.05) is 18.2 Å². The van der Waals surface area contributed by atoms with Gasteiger partial charge in [-0.3, -0.25) is 14.4 Å². The second-order valence-electron chi connectivity index (χ2n) is 6.82. The van der Waals surface area contributed by atoms with Crippen molar-refractivity contribution in [2.45, 2.75) is 32.9 Å². The molecule has 0 bridgehead atoms. The number of amides is 1. The molecule has 1 aromatic carbocycles. The quantitative estimate of drug-likeness (QED) is 0.800. The number of nitrogens with zero attached hydrogens (tertiary/aromatic N) is 4. The van der Waals surface area contributed by atoms with Crippen molar-refractivity contribution < 1.29 is 18.0 Å². The molecular formula is C19H23F3N4O. The predicted octanol–water partition coefficient (Wildman–Crippen LogP) is 3.17. The van der Waals surface area contributed by atoms with Crippen LogP contribution >= 0.6 is 0 Å². The van der Waals surface area contributed by atoms with E-state index < -0.39 is 12.5 Å². The molecule has 1 saturated heterocycles. The normalized spacial score (nSPS) is 16.7. The summed E-state index contributed by atoms with van der Waals surface area (Å²) in [5.41, 5.74) is 0.850. The monoisotopic (exact) mass is 380 g/mol. The van der Waals surface area contributed by atoms with Crippen molar-refractivity contribution in [2.24, 2.45) is 0 Å². The third-order valence-corrected chi connectivity index (χ3v) is 4.92. The molecule has 2 heterocycles. The first-order valence-corrected chi connectivity index (χ1v) is 8.95. The molecule has 0 spiro atoms. The van der Waals surface area contributed by atoms with E-state index >= 15 is 0 Å². The molecule has 2 aromatic rings. The van der Waals surface area contributed by atoms with E-state index in [0.29, 0.717) is 44.0 Å². The van der Waals surface area contributed by atoms with Crippen LogP contribution in [0.2, 0.25) is 0 Å². The number of aromatic nitrogens is 2. The lowest BCUT2D eigenvalue weighted by molar-refractivity contribution is -0.136. The molecule has 1 aromatic heterocycles. The van der Waals surface area contributed by atoms with Crippen LogP contribution < -0.4 is 0 Å². The van der Waals surface area contributed by atoms with Crippen LogP contribution in [0, 0.1) is 12.7 Å². The Labute approximate surface area is 156 Å². The molecule has 1 aliphatic heterocycles. The third kappa shape index (κ3) is 4.32. The molecule has 27 heavy (non-hydrogen) atoms. The van der Waals surface area contributed by atoms with E-state index in [1.807, 2.05) is 0 Å². The SMILES string of the molecule is Cc1cc(C(F)F)nn1C(C)C(=O)N1CCN(Cc2ccccc2F)CC1. The molecule has 1 aliphatic rings. The van der Waals surface area contributed by atoms with Crippen LogP contribution in [0.25, 0.3) is 0 Å². The molecule has 3 rings (SSSR count). The Morgan fingerprint density at radius 2 is 1.85 bits per heavy atom. The number of benzene rings is 1. The van der Waals surface area contributed by atoms with Crippen LogP contribution in [0.3, 0.4) is 0 Å². The topological polar surface area (TPSA) is 41.4 Å². The smallest absolute Gasteiger partial charge is 0.282 e. The first kappa shape index (κ1) is 19.4. The second kappa shape index (κ2) is 8.12. The van der Waals surface area contributed by atoms with Crippen LogP contribution in [0.4, 0.5) is 13.2 Å². The van der Waals surface area contributed by atoms with E-state index in [1.54, 1.807) is 36.9 Å². The first-order valence-electron chi connectivity index (χ1n) is 8.95. The maximum absolute atomic E-state index is 13.8. The van der Waals surface area contributed by atoms with Crippen molar-refractivity contribution in [3.8, 4) is 0 Å². The van der Waals surface area contributed by atoms with Gasteiger partial charge in [-0.15, -0.1) is 0 Å². The van der Waals surface area contributed by atoms with Gasteiger partial charge in [0.15, 0.2) is 0 Å². The number of hydrogen-bond donors (Lipinski definition) is 0. The number of halogens is 3. The minimum Gasteiger partial charge on any atom is -0.338 e. The molecule has 5 nitrogen and oxygen atoms in total. The maximum atomic E-state index is 13.8. The van der Waals surface area contributed by atoms with E-state index in [9.17, 15) is 18.0 Å². The molecule has 1 unspecified atom stereocenters. The zero-order chi connectivity index (χ0) is 19.6. The molecule has 0 saturated carbocycles. The molecule has 8 heteroatoms. The number of alkyl halides is 2. The molecule has 0 radical (unpaired) electrons. The summed E-state index contributed by atoms with van der Waals surface area (Å²) in [7, 11) is 0. The number of hydrogen-bond acceptors (Lipinski definition) is 3. The Morgan fingerprint density at radius 1 is 1.19 bits per heavy atom. The number of carbonyl (C=O) groups excluding carboxylic acids is 1. The minimum atomic E-state index is -2.66. The van der Waals surface area contributed by atoms with Gasteiger partial charge in [-0.2, -0.15) is 5.10 Å². The number of rotatable bonds is 5. The Balaban J connectivity index is 1.59. The van der Waals surface area contributed by atoms with Crippen LogP contribution in [-0.2, 0) is 11.3 Å². The van der Waals surface area contributed by atoms with Gasteiger partial charge in [0, 0.05) is 44.0 Å². The molecule has 146 valence electrons. The molecule has 0 aliphatic carbocycles. The Hall–Kier alpha value is -2.35. The van der Waals surface area contributed by atoms with Gasteiger partial charge < -0.3 is 4.90 Å². The number of aryl methyl sites for hydroxylation is 1. The van der Waals surface area contributed by atoms with Crippen LogP contribution in [0.5, 0.6) is 0 Å². The third-order valence-electron chi connectivity index (χ3n) is 4.92. The summed E-state index contributed by atoms with van der Waals surface area (Å²) in [5, 5.41) is 3.87. The summed E-state index contributed by atoms with van der Waals surface area (Å²) in [6, 6.07) is 7.33. The second-order valence-corrected chi connectivity index (χ2v) is 6.82. The Morgan fingerprint density at radius 3 is 2.44 bits per heavy atom. The fraction of sp³-hybridized carbons (Fsp3) is 0.474.